The van der Waals surface area contributed by atoms with Crippen LogP contribution in [0, 0.1) is 0 Å². The van der Waals surface area contributed by atoms with E-state index in [0.29, 0.717) is 5.56 Å². The Labute approximate surface area is 77.3 Å². The minimum atomic E-state index is 0. The van der Waals surface area contributed by atoms with Gasteiger partial charge < -0.3 is 5.43 Å². The summed E-state index contributed by atoms with van der Waals surface area (Å²) in [6.07, 6.45) is 0. The third-order valence-electron chi connectivity index (χ3n) is 1.46. The Balaban J connectivity index is 0.00000121. The van der Waals surface area contributed by atoms with Crippen LogP contribution in [-0.4, -0.2) is 5.78 Å². The van der Waals surface area contributed by atoms with E-state index >= 15 is 0 Å². The Bertz CT molecular complexity index is 258. The summed E-state index contributed by atoms with van der Waals surface area (Å²) in [5.41, 5.74) is 3.98. The summed E-state index contributed by atoms with van der Waals surface area (Å²) in [5, 5.41) is 0. The number of hydrazine groups is 1. The summed E-state index contributed by atoms with van der Waals surface area (Å²) >= 11 is 0. The number of hydrogen-bond acceptors (Lipinski definition) is 3. The molecule has 0 saturated carbocycles. The molecule has 0 spiro atoms. The summed E-state index contributed by atoms with van der Waals surface area (Å²) in [6.45, 7) is 1.53. The van der Waals surface area contributed by atoms with Gasteiger partial charge in [0.15, 0.2) is 5.78 Å². The molecule has 0 aliphatic carbocycles. The quantitative estimate of drug-likeness (QED) is 0.419. The fourth-order valence-corrected chi connectivity index (χ4v) is 0.801. The number of rotatable bonds is 2. The summed E-state index contributed by atoms with van der Waals surface area (Å²) in [6, 6.07) is 6.99. The topological polar surface area (TPSA) is 55.1 Å². The molecule has 0 fully saturated rings. The van der Waals surface area contributed by atoms with E-state index < -0.39 is 0 Å². The lowest BCUT2D eigenvalue weighted by molar-refractivity contribution is 0.101. The monoisotopic (exact) mass is 186 g/mol. The maximum absolute atomic E-state index is 10.8. The Morgan fingerprint density at radius 1 is 1.33 bits per heavy atom. The molecule has 0 aliphatic rings. The zero-order valence-corrected chi connectivity index (χ0v) is 7.52. The second kappa shape index (κ2) is 4.74. The fraction of sp³-hybridized carbons (Fsp3) is 0.125. The van der Waals surface area contributed by atoms with E-state index in [1.54, 1.807) is 24.3 Å². The van der Waals surface area contributed by atoms with Crippen LogP contribution in [0.4, 0.5) is 5.69 Å². The van der Waals surface area contributed by atoms with Crippen molar-refractivity contribution in [3.8, 4) is 0 Å². The number of nitrogens with one attached hydrogen (secondary N) is 1. The molecule has 12 heavy (non-hydrogen) atoms. The van der Waals surface area contributed by atoms with Crippen LogP contribution in [0.25, 0.3) is 0 Å². The average Bonchev–Trinajstić information content (AvgIpc) is 2.05. The van der Waals surface area contributed by atoms with Crippen molar-refractivity contribution in [2.24, 2.45) is 5.84 Å². The van der Waals surface area contributed by atoms with Crippen molar-refractivity contribution in [3.63, 3.8) is 0 Å². The molecule has 0 heterocycles. The molecule has 0 aliphatic heterocycles. The molecule has 0 saturated heterocycles. The highest BCUT2D eigenvalue weighted by Gasteiger charge is 1.96. The molecule has 0 radical (unpaired) electrons. The molecule has 0 amide bonds. The van der Waals surface area contributed by atoms with Gasteiger partial charge in [0.2, 0.25) is 0 Å². The fourth-order valence-electron chi connectivity index (χ4n) is 0.801. The van der Waals surface area contributed by atoms with Gasteiger partial charge in [-0.3, -0.25) is 10.6 Å². The largest absolute Gasteiger partial charge is 0.324 e. The van der Waals surface area contributed by atoms with E-state index in [2.05, 4.69) is 5.43 Å². The second-order valence-electron chi connectivity index (χ2n) is 2.28. The minimum absolute atomic E-state index is 0. The second-order valence-corrected chi connectivity index (χ2v) is 2.28. The molecule has 3 N–H and O–H groups in total. The molecular weight excluding hydrogens is 176 g/mol. The van der Waals surface area contributed by atoms with Crippen molar-refractivity contribution in [2.75, 3.05) is 5.43 Å². The first-order valence-corrected chi connectivity index (χ1v) is 3.31. The molecular formula is C8H11ClN2O. The number of carbonyl (C=O) groups excluding carboxylic acids is 1. The van der Waals surface area contributed by atoms with Gasteiger partial charge in [0.25, 0.3) is 0 Å². The Hall–Kier alpha value is -1.06. The van der Waals surface area contributed by atoms with Crippen molar-refractivity contribution < 1.29 is 4.79 Å². The zero-order valence-electron chi connectivity index (χ0n) is 6.70. The van der Waals surface area contributed by atoms with Gasteiger partial charge in [0, 0.05) is 11.3 Å². The molecule has 4 heteroatoms. The minimum Gasteiger partial charge on any atom is -0.324 e. The molecule has 3 nitrogen and oxygen atoms in total. The van der Waals surface area contributed by atoms with Gasteiger partial charge in [-0.25, -0.2) is 0 Å². The smallest absolute Gasteiger partial charge is 0.159 e. The molecule has 1 rings (SSSR count). The van der Waals surface area contributed by atoms with Crippen molar-refractivity contribution in [2.45, 2.75) is 6.92 Å². The highest BCUT2D eigenvalue weighted by molar-refractivity contribution is 5.94. The molecule has 1 aromatic rings. The number of hydrogen-bond donors (Lipinski definition) is 2. The number of nitrogens with two attached hydrogens (primary N) is 1. The highest BCUT2D eigenvalue weighted by atomic mass is 35.5. The molecule has 0 aromatic heterocycles. The summed E-state index contributed by atoms with van der Waals surface area (Å²) < 4.78 is 0. The van der Waals surface area contributed by atoms with Crippen LogP contribution in [0.2, 0.25) is 0 Å². The number of anilines is 1. The maximum atomic E-state index is 10.8. The van der Waals surface area contributed by atoms with Gasteiger partial charge in [-0.15, -0.1) is 12.4 Å². The first kappa shape index (κ1) is 10.9. The number of Topliss-reactive ketones (excluding diaryl/α,β-unsaturated/α-hetero) is 1. The van der Waals surface area contributed by atoms with Crippen molar-refractivity contribution in [1.29, 1.82) is 0 Å². The van der Waals surface area contributed by atoms with Gasteiger partial charge in [-0.2, -0.15) is 0 Å². The van der Waals surface area contributed by atoms with Crippen molar-refractivity contribution in [1.82, 2.24) is 0 Å². The highest BCUT2D eigenvalue weighted by Crippen LogP contribution is 2.07. The van der Waals surface area contributed by atoms with E-state index in [1.807, 2.05) is 0 Å². The van der Waals surface area contributed by atoms with Gasteiger partial charge in [0.05, 0.1) is 0 Å². The summed E-state index contributed by atoms with van der Waals surface area (Å²) in [7, 11) is 0. The SMILES string of the molecule is CC(=O)c1ccc(NN)cc1.Cl. The first-order valence-electron chi connectivity index (χ1n) is 3.31. The number of halogens is 1. The van der Waals surface area contributed by atoms with Gasteiger partial charge in [-0.05, 0) is 31.2 Å². The Morgan fingerprint density at radius 3 is 2.17 bits per heavy atom. The van der Waals surface area contributed by atoms with Crippen LogP contribution in [-0.2, 0) is 0 Å². The van der Waals surface area contributed by atoms with Crippen LogP contribution in [0.5, 0.6) is 0 Å². The molecule has 0 bridgehead atoms. The third kappa shape index (κ3) is 2.53. The van der Waals surface area contributed by atoms with Crippen LogP contribution in [0.15, 0.2) is 24.3 Å². The first-order chi connectivity index (χ1) is 5.24. The Kier molecular flexibility index (Phi) is 4.33. The average molecular weight is 187 g/mol. The normalized spacial score (nSPS) is 8.50. The lowest BCUT2D eigenvalue weighted by atomic mass is 10.1. The van der Waals surface area contributed by atoms with Crippen LogP contribution >= 0.6 is 12.4 Å². The molecule has 1 aromatic carbocycles. The number of carbonyl (C=O) groups is 1. The maximum Gasteiger partial charge on any atom is 0.159 e. The predicted octanol–water partition coefficient (Wildman–Crippen LogP) is 1.60. The molecule has 0 unspecified atom stereocenters. The van der Waals surface area contributed by atoms with E-state index in [4.69, 9.17) is 5.84 Å². The number of benzene rings is 1. The summed E-state index contributed by atoms with van der Waals surface area (Å²) in [5.74, 6) is 5.20. The summed E-state index contributed by atoms with van der Waals surface area (Å²) in [4.78, 5) is 10.8. The van der Waals surface area contributed by atoms with E-state index in [9.17, 15) is 4.79 Å². The lowest BCUT2D eigenvalue weighted by Gasteiger charge is -1.99. The molecule has 66 valence electrons. The Morgan fingerprint density at radius 2 is 1.83 bits per heavy atom. The van der Waals surface area contributed by atoms with Crippen LogP contribution in [0.1, 0.15) is 17.3 Å². The van der Waals surface area contributed by atoms with Crippen LogP contribution < -0.4 is 11.3 Å². The van der Waals surface area contributed by atoms with Gasteiger partial charge in [0.1, 0.15) is 0 Å². The van der Waals surface area contributed by atoms with Crippen molar-refractivity contribution >= 4 is 23.9 Å². The van der Waals surface area contributed by atoms with Crippen molar-refractivity contribution in [3.05, 3.63) is 29.8 Å². The van der Waals surface area contributed by atoms with Crippen LogP contribution in [0.3, 0.4) is 0 Å². The van der Waals surface area contributed by atoms with E-state index in [-0.39, 0.29) is 18.2 Å². The van der Waals surface area contributed by atoms with E-state index in [1.165, 1.54) is 6.92 Å². The lowest BCUT2D eigenvalue weighted by Crippen LogP contribution is -2.06. The van der Waals surface area contributed by atoms with Gasteiger partial charge >= 0.3 is 0 Å². The molecule has 0 atom stereocenters. The zero-order chi connectivity index (χ0) is 8.27. The third-order valence-corrected chi connectivity index (χ3v) is 1.46. The van der Waals surface area contributed by atoms with E-state index in [0.717, 1.165) is 5.69 Å². The number of nitrogen functional groups attached to an aromatic ring is 1. The predicted molar refractivity (Wildman–Crippen MR) is 51.5 cm³/mol. The standard InChI is InChI=1S/C8H10N2O.ClH/c1-6(11)7-2-4-8(10-9)5-3-7;/h2-5,10H,9H2,1H3;1H. The van der Waals surface area contributed by atoms with Gasteiger partial charge in [-0.1, -0.05) is 0 Å². The number of ketones is 1.